The third kappa shape index (κ3) is 3.60. The summed E-state index contributed by atoms with van der Waals surface area (Å²) in [6.07, 6.45) is 5.72. The van der Waals surface area contributed by atoms with Crippen molar-refractivity contribution in [1.82, 2.24) is 4.98 Å². The van der Waals surface area contributed by atoms with Crippen molar-refractivity contribution in [3.05, 3.63) is 115 Å². The van der Waals surface area contributed by atoms with Crippen molar-refractivity contribution >= 4 is 32.4 Å². The molecular formula is C34H33N2O+. The molecule has 8 rings (SSSR count). The van der Waals surface area contributed by atoms with Crippen molar-refractivity contribution in [2.24, 2.45) is 11.8 Å². The minimum atomic E-state index is -0.539. The molecule has 0 unspecified atom stereocenters. The van der Waals surface area contributed by atoms with Gasteiger partial charge in [-0.2, -0.15) is 0 Å². The van der Waals surface area contributed by atoms with Crippen LogP contribution in [0.1, 0.15) is 30.1 Å². The van der Waals surface area contributed by atoms with Crippen LogP contribution in [-0.4, -0.2) is 33.7 Å². The average molecular weight is 486 g/mol. The Bertz CT molecular complexity index is 1580. The monoisotopic (exact) mass is 485 g/mol. The summed E-state index contributed by atoms with van der Waals surface area (Å²) in [7, 11) is 0. The first-order valence-corrected chi connectivity index (χ1v) is 13.6. The molecule has 0 radical (unpaired) electrons. The van der Waals surface area contributed by atoms with E-state index in [2.05, 4.69) is 78.3 Å². The first-order chi connectivity index (χ1) is 18.2. The van der Waals surface area contributed by atoms with Crippen LogP contribution in [-0.2, 0) is 6.54 Å². The van der Waals surface area contributed by atoms with Crippen molar-refractivity contribution in [2.45, 2.75) is 31.5 Å². The van der Waals surface area contributed by atoms with Gasteiger partial charge in [0.25, 0.3) is 0 Å². The molecule has 0 spiro atoms. The third-order valence-corrected chi connectivity index (χ3v) is 9.40. The molecule has 1 N–H and O–H groups in total. The van der Waals surface area contributed by atoms with E-state index in [1.807, 2.05) is 30.5 Å². The summed E-state index contributed by atoms with van der Waals surface area (Å²) in [5.41, 5.74) is 3.37. The second kappa shape index (κ2) is 8.79. The largest absolute Gasteiger partial charge is 0.382 e. The number of quaternary nitrogens is 1. The fourth-order valence-electron chi connectivity index (χ4n) is 7.56. The van der Waals surface area contributed by atoms with E-state index in [9.17, 15) is 5.11 Å². The fourth-order valence-corrected chi connectivity index (χ4v) is 7.56. The first kappa shape index (κ1) is 22.7. The van der Waals surface area contributed by atoms with Crippen molar-refractivity contribution in [3.63, 3.8) is 0 Å². The zero-order valence-corrected chi connectivity index (χ0v) is 21.1. The summed E-state index contributed by atoms with van der Waals surface area (Å²) >= 11 is 0. The normalized spacial score (nSPS) is 26.0. The Hall–Kier alpha value is -3.53. The minimum absolute atomic E-state index is 0.137. The van der Waals surface area contributed by atoms with Gasteiger partial charge in [0.1, 0.15) is 18.7 Å². The summed E-state index contributed by atoms with van der Waals surface area (Å²) < 4.78 is 0.906. The molecule has 0 amide bonds. The third-order valence-electron chi connectivity index (χ3n) is 9.40. The van der Waals surface area contributed by atoms with Crippen LogP contribution < -0.4 is 0 Å². The number of piperidine rings is 3. The number of benzene rings is 4. The Morgan fingerprint density at radius 1 is 0.919 bits per heavy atom. The van der Waals surface area contributed by atoms with Crippen LogP contribution >= 0.6 is 0 Å². The van der Waals surface area contributed by atoms with Crippen LogP contribution in [0.15, 0.2) is 104 Å². The number of aromatic nitrogens is 1. The average Bonchev–Trinajstić information content (AvgIpc) is 2.96. The van der Waals surface area contributed by atoms with Crippen LogP contribution in [0.3, 0.4) is 0 Å². The predicted octanol–water partition coefficient (Wildman–Crippen LogP) is 7.19. The Balaban J connectivity index is 1.39. The smallest absolute Gasteiger partial charge is 0.131 e. The van der Waals surface area contributed by atoms with Crippen LogP contribution in [0.2, 0.25) is 0 Å². The van der Waals surface area contributed by atoms with Gasteiger partial charge in [-0.3, -0.25) is 4.98 Å². The maximum absolute atomic E-state index is 12.1. The van der Waals surface area contributed by atoms with Crippen LogP contribution in [0, 0.1) is 11.8 Å². The molecule has 3 saturated heterocycles. The van der Waals surface area contributed by atoms with Gasteiger partial charge in [0.2, 0.25) is 0 Å². The predicted molar refractivity (Wildman–Crippen MR) is 152 cm³/mol. The number of aliphatic hydroxyl groups excluding tert-OH is 1. The van der Waals surface area contributed by atoms with E-state index in [0.717, 1.165) is 47.0 Å². The second-order valence-corrected chi connectivity index (χ2v) is 11.2. The van der Waals surface area contributed by atoms with Gasteiger partial charge in [0.05, 0.1) is 18.6 Å². The summed E-state index contributed by atoms with van der Waals surface area (Å²) in [6, 6.07) is 30.3. The minimum Gasteiger partial charge on any atom is -0.382 e. The van der Waals surface area contributed by atoms with E-state index in [0.29, 0.717) is 11.8 Å². The van der Waals surface area contributed by atoms with Crippen molar-refractivity contribution in [2.75, 3.05) is 13.1 Å². The van der Waals surface area contributed by atoms with E-state index in [4.69, 9.17) is 0 Å². The van der Waals surface area contributed by atoms with Gasteiger partial charge in [-0.15, -0.1) is 6.58 Å². The zero-order chi connectivity index (χ0) is 25.0. The molecule has 3 nitrogen and oxygen atoms in total. The van der Waals surface area contributed by atoms with Gasteiger partial charge in [-0.25, -0.2) is 0 Å². The lowest BCUT2D eigenvalue weighted by Gasteiger charge is -2.58. The molecule has 3 aliphatic heterocycles. The number of fused-ring (bicyclic) bond motifs is 6. The number of hydrogen-bond acceptors (Lipinski definition) is 2. The summed E-state index contributed by atoms with van der Waals surface area (Å²) in [5.74, 6) is 1.09. The molecule has 2 bridgehead atoms. The molecule has 5 aromatic rings. The Morgan fingerprint density at radius 2 is 1.59 bits per heavy atom. The lowest BCUT2D eigenvalue weighted by atomic mass is 9.71. The lowest BCUT2D eigenvalue weighted by Crippen LogP contribution is -2.67. The highest BCUT2D eigenvalue weighted by Crippen LogP contribution is 2.49. The van der Waals surface area contributed by atoms with Gasteiger partial charge in [-0.05, 0) is 51.2 Å². The molecule has 184 valence electrons. The highest BCUT2D eigenvalue weighted by molar-refractivity contribution is 6.02. The van der Waals surface area contributed by atoms with Crippen molar-refractivity contribution in [3.8, 4) is 0 Å². The van der Waals surface area contributed by atoms with E-state index in [1.54, 1.807) is 0 Å². The first-order valence-electron chi connectivity index (χ1n) is 13.6. The Kier molecular flexibility index (Phi) is 5.38. The van der Waals surface area contributed by atoms with Crippen molar-refractivity contribution < 1.29 is 9.59 Å². The van der Waals surface area contributed by atoms with Gasteiger partial charge < -0.3 is 9.59 Å². The van der Waals surface area contributed by atoms with Crippen LogP contribution in [0.5, 0.6) is 0 Å². The summed E-state index contributed by atoms with van der Waals surface area (Å²) in [4.78, 5) is 4.57. The molecular weight excluding hydrogens is 452 g/mol. The van der Waals surface area contributed by atoms with Crippen LogP contribution in [0.4, 0.5) is 0 Å². The van der Waals surface area contributed by atoms with E-state index >= 15 is 0 Å². The maximum Gasteiger partial charge on any atom is 0.131 e. The van der Waals surface area contributed by atoms with Gasteiger partial charge >= 0.3 is 0 Å². The highest BCUT2D eigenvalue weighted by atomic mass is 16.3. The molecule has 1 aromatic heterocycles. The van der Waals surface area contributed by atoms with Gasteiger partial charge in [0, 0.05) is 35.9 Å². The molecule has 4 aromatic carbocycles. The number of pyridine rings is 1. The zero-order valence-electron chi connectivity index (χ0n) is 21.1. The Morgan fingerprint density at radius 3 is 2.32 bits per heavy atom. The number of aliphatic hydroxyl groups is 1. The van der Waals surface area contributed by atoms with E-state index < -0.39 is 6.10 Å². The maximum atomic E-state index is 12.1. The van der Waals surface area contributed by atoms with E-state index in [-0.39, 0.29) is 6.04 Å². The van der Waals surface area contributed by atoms with E-state index in [1.165, 1.54) is 33.5 Å². The topological polar surface area (TPSA) is 33.1 Å². The SMILES string of the molecule is C=C[C@@H]1C[N@+]2(Cc3c4ccccc4cc4ccccc34)CC[C@H]1C[C@@H]2[C@@H](O)c1ccnc2ccccc12. The number of para-hydroxylation sites is 1. The molecule has 5 atom stereocenters. The fraction of sp³-hybridized carbons (Fsp3) is 0.265. The Labute approximate surface area is 218 Å². The van der Waals surface area contributed by atoms with Crippen molar-refractivity contribution in [1.29, 1.82) is 0 Å². The number of hydrogen-bond donors (Lipinski definition) is 1. The summed E-state index contributed by atoms with van der Waals surface area (Å²) in [6.45, 7) is 7.28. The molecule has 0 aliphatic carbocycles. The van der Waals surface area contributed by atoms with Gasteiger partial charge in [0.15, 0.2) is 0 Å². The highest BCUT2D eigenvalue weighted by Gasteiger charge is 2.54. The molecule has 37 heavy (non-hydrogen) atoms. The second-order valence-electron chi connectivity index (χ2n) is 11.2. The standard InChI is InChI=1S/C34H33N2O/c1-2-23-21-36(22-31-27-11-5-3-9-25(27)19-26-10-4-6-12-28(26)31)18-16-24(23)20-33(36)34(37)30-15-17-35-32-14-8-7-13-29(30)32/h2-15,17,19,23-24,33-34,37H,1,16,18,20-22H2/q+1/t23-,24+,33-,34+,36+/m1/s1. The number of rotatable bonds is 5. The molecule has 3 fully saturated rings. The molecule has 3 aliphatic rings. The molecule has 3 heteroatoms. The van der Waals surface area contributed by atoms with Crippen LogP contribution in [0.25, 0.3) is 32.4 Å². The summed E-state index contributed by atoms with van der Waals surface area (Å²) in [5, 5.41) is 18.4. The van der Waals surface area contributed by atoms with Gasteiger partial charge in [-0.1, -0.05) is 72.8 Å². The lowest BCUT2D eigenvalue weighted by molar-refractivity contribution is -0.984. The molecule has 4 heterocycles. The molecule has 0 saturated carbocycles. The number of nitrogens with zero attached hydrogens (tertiary/aromatic N) is 2. The quantitative estimate of drug-likeness (QED) is 0.162.